The molecule has 2 rings (SSSR count). The molecule has 0 fully saturated rings. The van der Waals surface area contributed by atoms with Crippen molar-refractivity contribution in [1.29, 1.82) is 0 Å². The molecule has 2 N–H and O–H groups in total. The van der Waals surface area contributed by atoms with Gasteiger partial charge in [0.05, 0.1) is 18.3 Å². The summed E-state index contributed by atoms with van der Waals surface area (Å²) in [5.41, 5.74) is 1.36. The first-order valence-electron chi connectivity index (χ1n) is 6.54. The van der Waals surface area contributed by atoms with E-state index in [0.29, 0.717) is 12.1 Å². The number of rotatable bonds is 5. The Labute approximate surface area is 126 Å². The summed E-state index contributed by atoms with van der Waals surface area (Å²) in [6, 6.07) is 3.44. The number of nitrogens with one attached hydrogen (secondary N) is 1. The minimum absolute atomic E-state index is 0.196. The lowest BCUT2D eigenvalue weighted by Gasteiger charge is -2.08. The van der Waals surface area contributed by atoms with Gasteiger partial charge >= 0.3 is 5.97 Å². The SMILES string of the molecule is Cc1c(C(=O)NCc2ccc(C(=O)O)s2)cnn1C(C)C. The van der Waals surface area contributed by atoms with Crippen LogP contribution in [0, 0.1) is 6.92 Å². The number of amides is 1. The number of carboxylic acids is 1. The number of aromatic nitrogens is 2. The van der Waals surface area contributed by atoms with Crippen LogP contribution < -0.4 is 5.32 Å². The van der Waals surface area contributed by atoms with Crippen LogP contribution in [-0.4, -0.2) is 26.8 Å². The van der Waals surface area contributed by atoms with Gasteiger partial charge in [-0.15, -0.1) is 11.3 Å². The average Bonchev–Trinajstić information content (AvgIpc) is 3.02. The fraction of sp³-hybridized carbons (Fsp3) is 0.357. The predicted octanol–water partition coefficient (Wildman–Crippen LogP) is 2.46. The molecule has 6 nitrogen and oxygen atoms in total. The van der Waals surface area contributed by atoms with Gasteiger partial charge in [-0.05, 0) is 32.9 Å². The Kier molecular flexibility index (Phi) is 4.42. The van der Waals surface area contributed by atoms with E-state index in [2.05, 4.69) is 10.4 Å². The van der Waals surface area contributed by atoms with Gasteiger partial charge in [-0.2, -0.15) is 5.10 Å². The topological polar surface area (TPSA) is 84.2 Å². The van der Waals surface area contributed by atoms with Gasteiger partial charge in [0.1, 0.15) is 4.88 Å². The number of thiophene rings is 1. The van der Waals surface area contributed by atoms with Crippen molar-refractivity contribution in [3.05, 3.63) is 39.3 Å². The first-order chi connectivity index (χ1) is 9.90. The maximum Gasteiger partial charge on any atom is 0.345 e. The molecule has 0 bridgehead atoms. The van der Waals surface area contributed by atoms with Crippen LogP contribution in [0.2, 0.25) is 0 Å². The molecular weight excluding hydrogens is 290 g/mol. The molecule has 0 atom stereocenters. The fourth-order valence-corrected chi connectivity index (χ4v) is 2.80. The number of carbonyl (C=O) groups excluding carboxylic acids is 1. The third kappa shape index (κ3) is 3.30. The van der Waals surface area contributed by atoms with E-state index in [0.717, 1.165) is 21.9 Å². The number of carbonyl (C=O) groups is 2. The molecule has 0 spiro atoms. The zero-order valence-corrected chi connectivity index (χ0v) is 12.9. The largest absolute Gasteiger partial charge is 0.477 e. The van der Waals surface area contributed by atoms with Crippen LogP contribution in [0.3, 0.4) is 0 Å². The number of aromatic carboxylic acids is 1. The number of hydrogen-bond acceptors (Lipinski definition) is 4. The Morgan fingerprint density at radius 3 is 2.67 bits per heavy atom. The minimum atomic E-state index is -0.952. The van der Waals surface area contributed by atoms with E-state index in [1.165, 1.54) is 6.07 Å². The lowest BCUT2D eigenvalue weighted by molar-refractivity contribution is 0.0702. The highest BCUT2D eigenvalue weighted by molar-refractivity contribution is 7.13. The van der Waals surface area contributed by atoms with Crippen LogP contribution in [0.4, 0.5) is 0 Å². The molecule has 2 aromatic rings. The Morgan fingerprint density at radius 2 is 2.14 bits per heavy atom. The molecule has 0 unspecified atom stereocenters. The van der Waals surface area contributed by atoms with Gasteiger partial charge in [0.25, 0.3) is 5.91 Å². The molecule has 21 heavy (non-hydrogen) atoms. The van der Waals surface area contributed by atoms with Crippen molar-refractivity contribution in [2.24, 2.45) is 0 Å². The van der Waals surface area contributed by atoms with Crippen molar-refractivity contribution in [1.82, 2.24) is 15.1 Å². The number of hydrogen-bond donors (Lipinski definition) is 2. The Balaban J connectivity index is 2.03. The van der Waals surface area contributed by atoms with Crippen molar-refractivity contribution >= 4 is 23.2 Å². The molecule has 7 heteroatoms. The van der Waals surface area contributed by atoms with Crippen LogP contribution in [-0.2, 0) is 6.54 Å². The summed E-state index contributed by atoms with van der Waals surface area (Å²) in [4.78, 5) is 24.0. The highest BCUT2D eigenvalue weighted by Gasteiger charge is 2.15. The number of nitrogens with zero attached hydrogens (tertiary/aromatic N) is 2. The van der Waals surface area contributed by atoms with Crippen LogP contribution in [0.5, 0.6) is 0 Å². The van der Waals surface area contributed by atoms with Crippen molar-refractivity contribution in [2.45, 2.75) is 33.4 Å². The van der Waals surface area contributed by atoms with Crippen LogP contribution in [0.1, 0.15) is 50.5 Å². The first kappa shape index (κ1) is 15.2. The summed E-state index contributed by atoms with van der Waals surface area (Å²) < 4.78 is 1.79. The van der Waals surface area contributed by atoms with E-state index >= 15 is 0 Å². The van der Waals surface area contributed by atoms with E-state index in [-0.39, 0.29) is 16.8 Å². The fourth-order valence-electron chi connectivity index (χ4n) is 2.02. The second-order valence-electron chi connectivity index (χ2n) is 4.94. The first-order valence-corrected chi connectivity index (χ1v) is 7.36. The molecule has 0 aliphatic heterocycles. The lowest BCUT2D eigenvalue weighted by Crippen LogP contribution is -2.23. The highest BCUT2D eigenvalue weighted by Crippen LogP contribution is 2.17. The van der Waals surface area contributed by atoms with Crippen molar-refractivity contribution < 1.29 is 14.7 Å². The molecule has 112 valence electrons. The maximum atomic E-state index is 12.1. The van der Waals surface area contributed by atoms with E-state index in [1.54, 1.807) is 16.9 Å². The third-order valence-corrected chi connectivity index (χ3v) is 4.15. The normalized spacial score (nSPS) is 10.9. The van der Waals surface area contributed by atoms with Gasteiger partial charge < -0.3 is 10.4 Å². The summed E-state index contributed by atoms with van der Waals surface area (Å²) in [7, 11) is 0. The molecule has 1 amide bonds. The second kappa shape index (κ2) is 6.09. The zero-order chi connectivity index (χ0) is 15.6. The van der Waals surface area contributed by atoms with Gasteiger partial charge in [-0.1, -0.05) is 0 Å². The lowest BCUT2D eigenvalue weighted by atomic mass is 10.2. The van der Waals surface area contributed by atoms with E-state index < -0.39 is 5.97 Å². The monoisotopic (exact) mass is 307 g/mol. The Hall–Kier alpha value is -2.15. The van der Waals surface area contributed by atoms with E-state index in [9.17, 15) is 9.59 Å². The summed E-state index contributed by atoms with van der Waals surface area (Å²) in [5, 5.41) is 15.8. The molecule has 0 aromatic carbocycles. The van der Waals surface area contributed by atoms with Crippen molar-refractivity contribution in [3.63, 3.8) is 0 Å². The van der Waals surface area contributed by atoms with Crippen molar-refractivity contribution in [3.8, 4) is 0 Å². The summed E-state index contributed by atoms with van der Waals surface area (Å²) in [6.07, 6.45) is 1.56. The van der Waals surface area contributed by atoms with Crippen LogP contribution in [0.15, 0.2) is 18.3 Å². The summed E-state index contributed by atoms with van der Waals surface area (Å²) in [6.45, 7) is 6.17. The van der Waals surface area contributed by atoms with Gasteiger partial charge in [-0.25, -0.2) is 4.79 Å². The molecule has 0 saturated heterocycles. The molecule has 2 aromatic heterocycles. The average molecular weight is 307 g/mol. The van der Waals surface area contributed by atoms with Crippen LogP contribution >= 0.6 is 11.3 Å². The van der Waals surface area contributed by atoms with Gasteiger partial charge in [0.2, 0.25) is 0 Å². The Morgan fingerprint density at radius 1 is 1.43 bits per heavy atom. The minimum Gasteiger partial charge on any atom is -0.477 e. The van der Waals surface area contributed by atoms with E-state index in [4.69, 9.17) is 5.11 Å². The third-order valence-electron chi connectivity index (χ3n) is 3.07. The number of carboxylic acid groups (broad SMARTS) is 1. The summed E-state index contributed by atoms with van der Waals surface area (Å²) in [5.74, 6) is -1.16. The van der Waals surface area contributed by atoms with E-state index in [1.807, 2.05) is 20.8 Å². The van der Waals surface area contributed by atoms with Crippen LogP contribution in [0.25, 0.3) is 0 Å². The Bertz CT molecular complexity index is 673. The molecule has 0 aliphatic carbocycles. The molecule has 0 radical (unpaired) electrons. The summed E-state index contributed by atoms with van der Waals surface area (Å²) >= 11 is 1.16. The quantitative estimate of drug-likeness (QED) is 0.888. The van der Waals surface area contributed by atoms with Gasteiger partial charge in [-0.3, -0.25) is 9.48 Å². The molecular formula is C14H17N3O3S. The molecule has 0 aliphatic rings. The predicted molar refractivity (Wildman–Crippen MR) is 79.8 cm³/mol. The second-order valence-corrected chi connectivity index (χ2v) is 6.10. The standard InChI is InChI=1S/C14H17N3O3S/c1-8(2)17-9(3)11(7-16-17)13(18)15-6-10-4-5-12(21-10)14(19)20/h4-5,7-8H,6H2,1-3H3,(H,15,18)(H,19,20). The smallest absolute Gasteiger partial charge is 0.345 e. The highest BCUT2D eigenvalue weighted by atomic mass is 32.1. The molecule has 2 heterocycles. The zero-order valence-electron chi connectivity index (χ0n) is 12.1. The van der Waals surface area contributed by atoms with Crippen molar-refractivity contribution in [2.75, 3.05) is 0 Å². The van der Waals surface area contributed by atoms with Gasteiger partial charge in [0, 0.05) is 16.6 Å². The molecule has 0 saturated carbocycles. The maximum absolute atomic E-state index is 12.1. The van der Waals surface area contributed by atoms with Gasteiger partial charge in [0.15, 0.2) is 0 Å².